The lowest BCUT2D eigenvalue weighted by Gasteiger charge is -2.26. The van der Waals surface area contributed by atoms with Crippen molar-refractivity contribution in [2.24, 2.45) is 0 Å². The number of aromatic nitrogens is 2. The van der Waals surface area contributed by atoms with Crippen LogP contribution in [0.5, 0.6) is 0 Å². The number of imidazole rings is 1. The van der Waals surface area contributed by atoms with Gasteiger partial charge in [0.15, 0.2) is 5.16 Å². The molecule has 1 aromatic heterocycles. The Kier molecular flexibility index (Phi) is 5.79. The van der Waals surface area contributed by atoms with Crippen LogP contribution < -0.4 is 0 Å². The van der Waals surface area contributed by atoms with Crippen molar-refractivity contribution in [2.75, 3.05) is 19.8 Å². The maximum atomic E-state index is 9.62. The molecule has 2 N–H and O–H groups in total. The molecule has 5 nitrogen and oxygen atoms in total. The van der Waals surface area contributed by atoms with Crippen molar-refractivity contribution in [2.45, 2.75) is 17.1 Å². The van der Waals surface area contributed by atoms with E-state index in [9.17, 15) is 9.66 Å². The third kappa shape index (κ3) is 3.98. The quantitative estimate of drug-likeness (QED) is 0.510. The van der Waals surface area contributed by atoms with Gasteiger partial charge in [0, 0.05) is 23.9 Å². The first kappa shape index (κ1) is 18.8. The zero-order valence-electron chi connectivity index (χ0n) is 15.2. The highest BCUT2D eigenvalue weighted by Gasteiger charge is 2.20. The molecular formula is C22H20N2O3S. The molecular weight excluding hydrogens is 372 g/mol. The minimum atomic E-state index is -0.458. The number of hydrogen-bond acceptors (Lipinski definition) is 5. The van der Waals surface area contributed by atoms with Gasteiger partial charge < -0.3 is 19.0 Å². The highest BCUT2D eigenvalue weighted by atomic mass is 32.2. The number of aliphatic hydroxyl groups excluding tert-OH is 1. The molecule has 142 valence electrons. The smallest absolute Gasteiger partial charge is 0.196 e. The van der Waals surface area contributed by atoms with E-state index in [1.54, 1.807) is 17.0 Å². The van der Waals surface area contributed by atoms with Gasteiger partial charge in [-0.05, 0) is 28.8 Å². The van der Waals surface area contributed by atoms with Gasteiger partial charge in [-0.3, -0.25) is 0 Å². The molecule has 0 amide bonds. The topological polar surface area (TPSA) is 67.5 Å². The van der Waals surface area contributed by atoms with Crippen LogP contribution in [-0.2, 0) is 4.74 Å². The standard InChI is InChI=1S/C22H20N2O3S/c25-13-21(24-12-11-23-22(24)28-26)10-3-16-1-4-17(5-2-16)18-6-8-19(9-7-18)20-14-27-15-20/h1-2,4-9,11-12,20-21,25-26H,13-15H2/t21-/m0/s1. The van der Waals surface area contributed by atoms with Crippen LogP contribution in [0.1, 0.15) is 23.1 Å². The van der Waals surface area contributed by atoms with E-state index in [1.807, 2.05) is 24.3 Å². The molecule has 1 fully saturated rings. The van der Waals surface area contributed by atoms with Crippen LogP contribution in [0.15, 0.2) is 66.1 Å². The third-order valence-corrected chi connectivity index (χ3v) is 5.32. The van der Waals surface area contributed by atoms with Gasteiger partial charge in [0.1, 0.15) is 6.04 Å². The molecule has 0 saturated carbocycles. The van der Waals surface area contributed by atoms with E-state index in [-0.39, 0.29) is 6.61 Å². The molecule has 2 aromatic carbocycles. The van der Waals surface area contributed by atoms with Gasteiger partial charge in [-0.2, -0.15) is 0 Å². The SMILES string of the molecule is OC[C@H](C#Cc1ccc(-c2ccc(C3COC3)cc2)cc1)n1ccnc1SO. The Morgan fingerprint density at radius 3 is 2.36 bits per heavy atom. The van der Waals surface area contributed by atoms with Crippen molar-refractivity contribution in [3.63, 3.8) is 0 Å². The second kappa shape index (κ2) is 8.63. The fourth-order valence-corrected chi connectivity index (χ4v) is 3.49. The molecule has 2 heterocycles. The Balaban J connectivity index is 1.48. The highest BCUT2D eigenvalue weighted by Crippen LogP contribution is 2.27. The van der Waals surface area contributed by atoms with Crippen molar-refractivity contribution in [1.29, 1.82) is 0 Å². The van der Waals surface area contributed by atoms with Crippen LogP contribution in [0.2, 0.25) is 0 Å². The van der Waals surface area contributed by atoms with E-state index < -0.39 is 6.04 Å². The van der Waals surface area contributed by atoms with Crippen molar-refractivity contribution >= 4 is 12.0 Å². The molecule has 0 bridgehead atoms. The summed E-state index contributed by atoms with van der Waals surface area (Å²) < 4.78 is 16.1. The monoisotopic (exact) mass is 392 g/mol. The first-order chi connectivity index (χ1) is 13.8. The molecule has 0 spiro atoms. The first-order valence-corrected chi connectivity index (χ1v) is 9.80. The Bertz CT molecular complexity index is 983. The van der Waals surface area contributed by atoms with Gasteiger partial charge >= 0.3 is 0 Å². The first-order valence-electron chi connectivity index (χ1n) is 9.03. The Labute approximate surface area is 168 Å². The summed E-state index contributed by atoms with van der Waals surface area (Å²) in [6.45, 7) is 1.48. The van der Waals surface area contributed by atoms with Gasteiger partial charge in [0.05, 0.1) is 31.9 Å². The molecule has 1 aliphatic heterocycles. The summed E-state index contributed by atoms with van der Waals surface area (Å²) in [5.41, 5.74) is 4.49. The second-order valence-electron chi connectivity index (χ2n) is 6.61. The molecule has 1 atom stereocenters. The Hall–Kier alpha value is -2.56. The van der Waals surface area contributed by atoms with Crippen LogP contribution >= 0.6 is 12.0 Å². The summed E-state index contributed by atoms with van der Waals surface area (Å²) >= 11 is 0.541. The fraction of sp³-hybridized carbons (Fsp3) is 0.227. The average molecular weight is 392 g/mol. The summed E-state index contributed by atoms with van der Waals surface area (Å²) in [5.74, 6) is 6.67. The predicted octanol–water partition coefficient (Wildman–Crippen LogP) is 3.81. The van der Waals surface area contributed by atoms with Crippen molar-refractivity contribution in [3.8, 4) is 23.0 Å². The summed E-state index contributed by atoms with van der Waals surface area (Å²) in [6, 6.07) is 16.2. The van der Waals surface area contributed by atoms with Crippen LogP contribution in [0, 0.1) is 11.8 Å². The summed E-state index contributed by atoms with van der Waals surface area (Å²) in [4.78, 5) is 4.02. The van der Waals surface area contributed by atoms with Gasteiger partial charge in [-0.25, -0.2) is 4.98 Å². The zero-order valence-corrected chi connectivity index (χ0v) is 16.0. The predicted molar refractivity (Wildman–Crippen MR) is 109 cm³/mol. The second-order valence-corrected chi connectivity index (χ2v) is 7.16. The number of rotatable bonds is 5. The molecule has 4 rings (SSSR count). The van der Waals surface area contributed by atoms with Crippen molar-refractivity contribution < 1.29 is 14.4 Å². The normalized spacial score (nSPS) is 14.8. The van der Waals surface area contributed by atoms with Gasteiger partial charge in [0.2, 0.25) is 0 Å². The van der Waals surface area contributed by atoms with E-state index in [2.05, 4.69) is 41.1 Å². The maximum absolute atomic E-state index is 9.62. The number of benzene rings is 2. The van der Waals surface area contributed by atoms with E-state index in [1.165, 1.54) is 11.1 Å². The summed E-state index contributed by atoms with van der Waals surface area (Å²) in [6.07, 6.45) is 3.26. The highest BCUT2D eigenvalue weighted by molar-refractivity contribution is 7.93. The van der Waals surface area contributed by atoms with E-state index in [0.29, 0.717) is 23.1 Å². The van der Waals surface area contributed by atoms with Gasteiger partial charge in [-0.15, -0.1) is 0 Å². The largest absolute Gasteiger partial charge is 0.393 e. The van der Waals surface area contributed by atoms with Crippen molar-refractivity contribution in [3.05, 3.63) is 72.1 Å². The van der Waals surface area contributed by atoms with Crippen molar-refractivity contribution in [1.82, 2.24) is 9.55 Å². The molecule has 6 heteroatoms. The number of aliphatic hydroxyl groups is 1. The number of hydrogen-bond donors (Lipinski definition) is 2. The zero-order chi connectivity index (χ0) is 19.3. The van der Waals surface area contributed by atoms with Crippen LogP contribution in [-0.4, -0.2) is 39.0 Å². The Morgan fingerprint density at radius 2 is 1.79 bits per heavy atom. The molecule has 0 aliphatic carbocycles. The van der Waals surface area contributed by atoms with Crippen LogP contribution in [0.4, 0.5) is 0 Å². The molecule has 0 radical (unpaired) electrons. The molecule has 0 unspecified atom stereocenters. The van der Waals surface area contributed by atoms with Crippen LogP contribution in [0.25, 0.3) is 11.1 Å². The third-order valence-electron chi connectivity index (χ3n) is 4.85. The van der Waals surface area contributed by atoms with Gasteiger partial charge in [0.25, 0.3) is 0 Å². The molecule has 3 aromatic rings. The minimum absolute atomic E-state index is 0.159. The van der Waals surface area contributed by atoms with E-state index in [4.69, 9.17) is 4.74 Å². The van der Waals surface area contributed by atoms with E-state index >= 15 is 0 Å². The summed E-state index contributed by atoms with van der Waals surface area (Å²) in [5, 5.41) is 10.0. The van der Waals surface area contributed by atoms with Gasteiger partial charge in [-0.1, -0.05) is 48.2 Å². The Morgan fingerprint density at radius 1 is 1.11 bits per heavy atom. The lowest BCUT2D eigenvalue weighted by molar-refractivity contribution is 0.00843. The minimum Gasteiger partial charge on any atom is -0.393 e. The fourth-order valence-electron chi connectivity index (χ4n) is 3.10. The average Bonchev–Trinajstić information content (AvgIpc) is 3.17. The molecule has 1 aliphatic rings. The lowest BCUT2D eigenvalue weighted by Crippen LogP contribution is -2.24. The lowest BCUT2D eigenvalue weighted by atomic mass is 9.95. The van der Waals surface area contributed by atoms with Crippen LogP contribution in [0.3, 0.4) is 0 Å². The van der Waals surface area contributed by atoms with E-state index in [0.717, 1.165) is 24.3 Å². The summed E-state index contributed by atoms with van der Waals surface area (Å²) in [7, 11) is 0. The number of nitrogens with zero attached hydrogens (tertiary/aromatic N) is 2. The molecule has 28 heavy (non-hydrogen) atoms. The molecule has 1 saturated heterocycles. The number of ether oxygens (including phenoxy) is 1. The maximum Gasteiger partial charge on any atom is 0.196 e.